The number of hydrogen-bond acceptors (Lipinski definition) is 3. The van der Waals surface area contributed by atoms with Gasteiger partial charge in [-0.25, -0.2) is 0 Å². The van der Waals surface area contributed by atoms with Gasteiger partial charge in [0, 0.05) is 4.57 Å². The zero-order valence-corrected chi connectivity index (χ0v) is 9.92. The van der Waals surface area contributed by atoms with Crippen LogP contribution in [0.1, 0.15) is 0 Å². The minimum atomic E-state index is -4.67. The molecule has 0 atom stereocenters. The summed E-state index contributed by atoms with van der Waals surface area (Å²) in [5, 5.41) is 0. The molecule has 0 heterocycles. The van der Waals surface area contributed by atoms with E-state index >= 15 is 0 Å². The lowest BCUT2D eigenvalue weighted by Crippen LogP contribution is -1.89. The van der Waals surface area contributed by atoms with Crippen molar-refractivity contribution in [1.29, 1.82) is 0 Å². The maximum atomic E-state index is 8.74. The van der Waals surface area contributed by atoms with Gasteiger partial charge in [0.2, 0.25) is 0 Å². The second kappa shape index (κ2) is 10.4. The van der Waals surface area contributed by atoms with Crippen molar-refractivity contribution in [3.8, 4) is 0 Å². The topological polar surface area (TPSA) is 132 Å². The fourth-order valence-corrected chi connectivity index (χ4v) is 0. The van der Waals surface area contributed by atoms with Crippen LogP contribution >= 0.6 is 16.2 Å². The van der Waals surface area contributed by atoms with Crippen LogP contribution < -0.4 is 0 Å². The van der Waals surface area contributed by atoms with E-state index in [2.05, 4.69) is 20.0 Å². The largest absolute Gasteiger partial charge is 0.692 e. The quantitative estimate of drug-likeness (QED) is 0.362. The van der Waals surface area contributed by atoms with E-state index in [0.717, 1.165) is 0 Å². The van der Waals surface area contributed by atoms with Gasteiger partial charge in [0.1, 0.15) is 0 Å². The highest BCUT2D eigenvalue weighted by atomic mass is 32.3. The van der Waals surface area contributed by atoms with Gasteiger partial charge in [0.15, 0.2) is 0 Å². The molecule has 0 aromatic heterocycles. The summed E-state index contributed by atoms with van der Waals surface area (Å²) < 4.78 is 40.3. The van der Waals surface area contributed by atoms with E-state index in [1.54, 1.807) is 0 Å². The molecular weight excluding hydrogens is 242 g/mol. The molecule has 0 fully saturated rings. The van der Waals surface area contributed by atoms with Crippen molar-refractivity contribution in [3.63, 3.8) is 0 Å². The van der Waals surface area contributed by atoms with Crippen LogP contribution in [0.5, 0.6) is 0 Å². The first-order valence-corrected chi connectivity index (χ1v) is 7.87. The second-order valence-electron chi connectivity index (χ2n) is 2.04. The van der Waals surface area contributed by atoms with Gasteiger partial charge in [-0.2, -0.15) is 8.42 Å². The molecule has 0 bridgehead atoms. The molecule has 0 saturated heterocycles. The van der Waals surface area contributed by atoms with Crippen LogP contribution in [0.3, 0.4) is 0 Å². The van der Waals surface area contributed by atoms with Crippen LogP contribution in [-0.2, 0) is 15.0 Å². The molecule has 7 nitrogen and oxygen atoms in total. The van der Waals surface area contributed by atoms with E-state index in [4.69, 9.17) is 31.9 Å². The molecule has 0 saturated carbocycles. The summed E-state index contributed by atoms with van der Waals surface area (Å²) in [6.07, 6.45) is 0. The molecule has 0 rings (SSSR count). The lowest BCUT2D eigenvalue weighted by atomic mass is 11.9. The molecule has 82 valence electrons. The monoisotopic (exact) mass is 255 g/mol. The third kappa shape index (κ3) is 12800. The Morgan fingerprint density at radius 3 is 1.08 bits per heavy atom. The van der Waals surface area contributed by atoms with Gasteiger partial charge in [0.05, 0.1) is 0 Å². The zero-order valence-electron chi connectivity index (χ0n) is 7.32. The van der Waals surface area contributed by atoms with Crippen LogP contribution in [0.15, 0.2) is 0 Å². The molecule has 0 amide bonds. The molecule has 0 aliphatic rings. The van der Waals surface area contributed by atoms with Gasteiger partial charge in [-0.1, -0.05) is 0 Å². The first kappa shape index (κ1) is 19.0. The predicted molar refractivity (Wildman–Crippen MR) is 50.9 cm³/mol. The number of hydrogen-bond donors (Lipinski definition) is 4. The van der Waals surface area contributed by atoms with Crippen LogP contribution in [0, 0.1) is 0 Å². The third-order valence-electron chi connectivity index (χ3n) is 0. The fourth-order valence-electron chi connectivity index (χ4n) is 0. The molecule has 0 radical (unpaired) electrons. The summed E-state index contributed by atoms with van der Waals surface area (Å²) in [7, 11) is -7.16. The van der Waals surface area contributed by atoms with Crippen LogP contribution in [0.4, 0.5) is 0 Å². The Morgan fingerprint density at radius 1 is 1.08 bits per heavy atom. The average Bonchev–Trinajstić information content (AvgIpc) is 1.50. The molecule has 0 aliphatic heterocycles. The van der Waals surface area contributed by atoms with Crippen LogP contribution in [0.25, 0.3) is 0 Å². The van der Waals surface area contributed by atoms with E-state index in [-0.39, 0.29) is 0 Å². The molecule has 10 heteroatoms. The van der Waals surface area contributed by atoms with Crippen molar-refractivity contribution < 1.29 is 31.9 Å². The molecule has 0 aromatic rings. The standard InChI is InChI=1S/C3H9P.H2O4S.HO3P/c1-4(2)3;1-5(2,3)4;1-4(2)3/h1-3H3;(H2,1,2,3,4);(H-,1,2,3)/p+1. The minimum absolute atomic E-state index is 0.380. The summed E-state index contributed by atoms with van der Waals surface area (Å²) in [5.74, 6) is 0. The predicted octanol–water partition coefficient (Wildman–Crippen LogP) is 0.333. The van der Waals surface area contributed by atoms with E-state index in [0.29, 0.717) is 7.92 Å². The summed E-state index contributed by atoms with van der Waals surface area (Å²) >= 11 is 0. The molecule has 0 aliphatic carbocycles. The SMILES string of the molecule is CP(C)C.O=S(=O)(O)O.O=[P+](O)O. The molecule has 0 unspecified atom stereocenters. The van der Waals surface area contributed by atoms with Gasteiger partial charge >= 0.3 is 18.7 Å². The Morgan fingerprint density at radius 2 is 1.08 bits per heavy atom. The Bertz CT molecular complexity index is 195. The fraction of sp³-hybridized carbons (Fsp3) is 1.00. The summed E-state index contributed by atoms with van der Waals surface area (Å²) in [6, 6.07) is 0. The lowest BCUT2D eigenvalue weighted by Gasteiger charge is -1.81. The van der Waals surface area contributed by atoms with Crippen molar-refractivity contribution in [3.05, 3.63) is 0 Å². The van der Waals surface area contributed by atoms with Crippen molar-refractivity contribution in [2.24, 2.45) is 0 Å². The Labute approximate surface area is 79.1 Å². The second-order valence-corrected chi connectivity index (χ2v) is 6.13. The highest BCUT2D eigenvalue weighted by Crippen LogP contribution is 2.14. The van der Waals surface area contributed by atoms with Crippen LogP contribution in [0.2, 0.25) is 0 Å². The average molecular weight is 255 g/mol. The Hall–Kier alpha value is 0.320. The van der Waals surface area contributed by atoms with Crippen molar-refractivity contribution >= 4 is 26.6 Å². The Kier molecular flexibility index (Phi) is 15.2. The molecule has 0 aromatic carbocycles. The third-order valence-corrected chi connectivity index (χ3v) is 0. The van der Waals surface area contributed by atoms with E-state index in [1.165, 1.54) is 0 Å². The van der Waals surface area contributed by atoms with Gasteiger partial charge in [-0.15, -0.1) is 17.7 Å². The van der Waals surface area contributed by atoms with Gasteiger partial charge in [-0.05, 0) is 20.0 Å². The first-order chi connectivity index (χ1) is 5.46. The Balaban J connectivity index is -0.000000117. The van der Waals surface area contributed by atoms with E-state index in [1.807, 2.05) is 0 Å². The van der Waals surface area contributed by atoms with Crippen molar-refractivity contribution in [2.45, 2.75) is 0 Å². The highest BCUT2D eigenvalue weighted by molar-refractivity contribution is 7.79. The van der Waals surface area contributed by atoms with Crippen LogP contribution in [-0.4, -0.2) is 47.3 Å². The molecule has 13 heavy (non-hydrogen) atoms. The van der Waals surface area contributed by atoms with Gasteiger partial charge in [0.25, 0.3) is 0 Å². The zero-order chi connectivity index (χ0) is 11.7. The van der Waals surface area contributed by atoms with E-state index in [9.17, 15) is 0 Å². The molecule has 4 N–H and O–H groups in total. The minimum Gasteiger partial charge on any atom is -0.264 e. The maximum absolute atomic E-state index is 8.74. The normalized spacial score (nSPS) is 9.23. The molecule has 0 spiro atoms. The first-order valence-electron chi connectivity index (χ1n) is 2.62. The van der Waals surface area contributed by atoms with Gasteiger partial charge in [-0.3, -0.25) is 9.11 Å². The smallest absolute Gasteiger partial charge is 0.264 e. The number of rotatable bonds is 0. The van der Waals surface area contributed by atoms with Crippen molar-refractivity contribution in [2.75, 3.05) is 20.0 Å². The summed E-state index contributed by atoms with van der Waals surface area (Å²) in [5.41, 5.74) is 0. The summed E-state index contributed by atoms with van der Waals surface area (Å²) in [6.45, 7) is 6.69. The van der Waals surface area contributed by atoms with Gasteiger partial charge < -0.3 is 0 Å². The maximum Gasteiger partial charge on any atom is 0.692 e. The molecular formula is C3H13O7P2S+. The lowest BCUT2D eigenvalue weighted by molar-refractivity contribution is 0.380. The summed E-state index contributed by atoms with van der Waals surface area (Å²) in [4.78, 5) is 14.2. The highest BCUT2D eigenvalue weighted by Gasteiger charge is 1.93. The van der Waals surface area contributed by atoms with E-state index < -0.39 is 18.7 Å². The van der Waals surface area contributed by atoms with Crippen molar-refractivity contribution in [1.82, 2.24) is 0 Å².